The lowest BCUT2D eigenvalue weighted by atomic mass is 9.83. The van der Waals surface area contributed by atoms with Gasteiger partial charge in [0.2, 0.25) is 0 Å². The van der Waals surface area contributed by atoms with E-state index >= 15 is 0 Å². The first-order valence-electron chi connectivity index (χ1n) is 7.46. The van der Waals surface area contributed by atoms with Gasteiger partial charge in [-0.25, -0.2) is 4.79 Å². The van der Waals surface area contributed by atoms with E-state index in [0.29, 0.717) is 17.7 Å². The molecule has 1 aromatic heterocycles. The Morgan fingerprint density at radius 3 is 2.59 bits per heavy atom. The molecule has 1 aliphatic rings. The summed E-state index contributed by atoms with van der Waals surface area (Å²) in [5.74, 6) is -0.916. The quantitative estimate of drug-likeness (QED) is 0.865. The van der Waals surface area contributed by atoms with E-state index in [1.54, 1.807) is 6.07 Å². The summed E-state index contributed by atoms with van der Waals surface area (Å²) >= 11 is 1.33. The molecule has 6 heteroatoms. The monoisotopic (exact) mass is 320 g/mol. The molecule has 118 valence electrons. The second-order valence-electron chi connectivity index (χ2n) is 5.70. The normalized spacial score (nSPS) is 18.0. The summed E-state index contributed by atoms with van der Waals surface area (Å²) < 4.78 is 5.19. The summed E-state index contributed by atoms with van der Waals surface area (Å²) in [5.41, 5.74) is -0.810. The van der Waals surface area contributed by atoms with Gasteiger partial charge < -0.3 is 10.1 Å². The molecule has 2 rings (SSSR count). The molecule has 1 aliphatic carbocycles. The van der Waals surface area contributed by atoms with Crippen molar-refractivity contribution in [1.29, 1.82) is 5.26 Å². The Bertz CT molecular complexity index is 597. The molecule has 5 nitrogen and oxygen atoms in total. The molecule has 1 N–H and O–H groups in total. The van der Waals surface area contributed by atoms with Crippen LogP contribution in [0.3, 0.4) is 0 Å². The molecule has 1 amide bonds. The van der Waals surface area contributed by atoms with Gasteiger partial charge in [-0.05, 0) is 38.8 Å². The Labute approximate surface area is 134 Å². The Morgan fingerprint density at radius 2 is 2.05 bits per heavy atom. The summed E-state index contributed by atoms with van der Waals surface area (Å²) in [6.45, 7) is 3.43. The predicted molar refractivity (Wildman–Crippen MR) is 83.5 cm³/mol. The second-order valence-corrected chi connectivity index (χ2v) is 6.99. The van der Waals surface area contributed by atoms with Crippen LogP contribution in [0.25, 0.3) is 0 Å². The molecule has 0 saturated heterocycles. The molecule has 0 bridgehead atoms. The molecule has 1 aromatic rings. The van der Waals surface area contributed by atoms with E-state index in [2.05, 4.69) is 11.4 Å². The van der Waals surface area contributed by atoms with Crippen LogP contribution < -0.4 is 5.32 Å². The van der Waals surface area contributed by atoms with Crippen LogP contribution in [0.2, 0.25) is 0 Å². The van der Waals surface area contributed by atoms with Gasteiger partial charge in [-0.15, -0.1) is 11.3 Å². The topological polar surface area (TPSA) is 79.2 Å². The number of carbonyl (C=O) groups is 2. The number of hydrogen-bond acceptors (Lipinski definition) is 5. The Morgan fingerprint density at radius 1 is 1.36 bits per heavy atom. The molecule has 0 radical (unpaired) electrons. The van der Waals surface area contributed by atoms with E-state index < -0.39 is 23.5 Å². The van der Waals surface area contributed by atoms with E-state index in [9.17, 15) is 14.9 Å². The Hall–Kier alpha value is -1.87. The maximum absolute atomic E-state index is 12.2. The lowest BCUT2D eigenvalue weighted by molar-refractivity contribution is -0.130. The molecule has 0 aliphatic heterocycles. The predicted octanol–water partition coefficient (Wildman–Crippen LogP) is 2.94. The SMILES string of the molecule is Cc1ccc(C(=O)O[C@@H](C)C(=O)NC2(C#N)CCCCC2)s1. The van der Waals surface area contributed by atoms with Crippen LogP contribution in [0, 0.1) is 18.3 Å². The van der Waals surface area contributed by atoms with Gasteiger partial charge in [0.1, 0.15) is 10.4 Å². The van der Waals surface area contributed by atoms with Crippen molar-refractivity contribution in [2.24, 2.45) is 0 Å². The maximum Gasteiger partial charge on any atom is 0.349 e. The third-order valence-corrected chi connectivity index (χ3v) is 4.86. The van der Waals surface area contributed by atoms with Crippen LogP contribution in [0.15, 0.2) is 12.1 Å². The van der Waals surface area contributed by atoms with Gasteiger partial charge in [0.05, 0.1) is 6.07 Å². The van der Waals surface area contributed by atoms with Gasteiger partial charge in [0.25, 0.3) is 5.91 Å². The first kappa shape index (κ1) is 16.5. The van der Waals surface area contributed by atoms with Crippen molar-refractivity contribution in [3.63, 3.8) is 0 Å². The zero-order valence-corrected chi connectivity index (χ0v) is 13.7. The van der Waals surface area contributed by atoms with Crippen LogP contribution in [-0.2, 0) is 9.53 Å². The number of esters is 1. The number of ether oxygens (including phenoxy) is 1. The molecule has 0 aromatic carbocycles. The largest absolute Gasteiger partial charge is 0.448 e. The Kier molecular flexibility index (Phi) is 5.19. The molecular formula is C16H20N2O3S. The van der Waals surface area contributed by atoms with Crippen LogP contribution in [0.4, 0.5) is 0 Å². The Balaban J connectivity index is 1.94. The van der Waals surface area contributed by atoms with Crippen molar-refractivity contribution in [2.75, 3.05) is 0 Å². The molecule has 1 saturated carbocycles. The molecular weight excluding hydrogens is 300 g/mol. The van der Waals surface area contributed by atoms with Gasteiger partial charge in [0, 0.05) is 4.88 Å². The standard InChI is InChI=1S/C16H20N2O3S/c1-11-6-7-13(22-11)15(20)21-12(2)14(19)18-16(10-17)8-4-3-5-9-16/h6-7,12H,3-5,8-9H2,1-2H3,(H,18,19)/t12-/m0/s1. The van der Waals surface area contributed by atoms with Gasteiger partial charge in [-0.2, -0.15) is 5.26 Å². The number of nitrogens with zero attached hydrogens (tertiary/aromatic N) is 1. The number of hydrogen-bond donors (Lipinski definition) is 1. The number of nitriles is 1. The summed E-state index contributed by atoms with van der Waals surface area (Å²) in [7, 11) is 0. The first-order valence-corrected chi connectivity index (χ1v) is 8.28. The summed E-state index contributed by atoms with van der Waals surface area (Å²) in [4.78, 5) is 25.7. The summed E-state index contributed by atoms with van der Waals surface area (Å²) in [6.07, 6.45) is 3.33. The fraction of sp³-hybridized carbons (Fsp3) is 0.562. The number of nitrogens with one attached hydrogen (secondary N) is 1. The fourth-order valence-electron chi connectivity index (χ4n) is 2.57. The minimum atomic E-state index is -0.915. The number of rotatable bonds is 4. The van der Waals surface area contributed by atoms with Crippen molar-refractivity contribution in [1.82, 2.24) is 5.32 Å². The van der Waals surface area contributed by atoms with E-state index in [1.807, 2.05) is 13.0 Å². The number of amides is 1. The highest BCUT2D eigenvalue weighted by molar-refractivity contribution is 7.13. The highest BCUT2D eigenvalue weighted by Gasteiger charge is 2.35. The van der Waals surface area contributed by atoms with Crippen molar-refractivity contribution in [2.45, 2.75) is 57.6 Å². The van der Waals surface area contributed by atoms with Crippen molar-refractivity contribution in [3.05, 3.63) is 21.9 Å². The van der Waals surface area contributed by atoms with E-state index in [1.165, 1.54) is 18.3 Å². The minimum Gasteiger partial charge on any atom is -0.448 e. The molecule has 1 fully saturated rings. The highest BCUT2D eigenvalue weighted by atomic mass is 32.1. The van der Waals surface area contributed by atoms with Crippen LogP contribution in [-0.4, -0.2) is 23.5 Å². The maximum atomic E-state index is 12.2. The number of thiophene rings is 1. The van der Waals surface area contributed by atoms with Gasteiger partial charge in [-0.1, -0.05) is 19.3 Å². The van der Waals surface area contributed by atoms with Crippen LogP contribution >= 0.6 is 11.3 Å². The molecule has 1 heterocycles. The molecule has 0 spiro atoms. The third-order valence-electron chi connectivity index (χ3n) is 3.88. The van der Waals surface area contributed by atoms with E-state index in [4.69, 9.17) is 4.74 Å². The fourth-order valence-corrected chi connectivity index (χ4v) is 3.32. The van der Waals surface area contributed by atoms with Gasteiger partial charge in [-0.3, -0.25) is 4.79 Å². The third kappa shape index (κ3) is 3.86. The first-order chi connectivity index (χ1) is 10.5. The molecule has 1 atom stereocenters. The molecule has 0 unspecified atom stereocenters. The van der Waals surface area contributed by atoms with E-state index in [0.717, 1.165) is 24.1 Å². The van der Waals surface area contributed by atoms with Gasteiger partial charge >= 0.3 is 5.97 Å². The lowest BCUT2D eigenvalue weighted by Crippen LogP contribution is -2.52. The average molecular weight is 320 g/mol. The van der Waals surface area contributed by atoms with Crippen LogP contribution in [0.5, 0.6) is 0 Å². The molecule has 22 heavy (non-hydrogen) atoms. The smallest absolute Gasteiger partial charge is 0.349 e. The zero-order valence-electron chi connectivity index (χ0n) is 12.8. The highest BCUT2D eigenvalue weighted by Crippen LogP contribution is 2.27. The minimum absolute atomic E-state index is 0.412. The lowest BCUT2D eigenvalue weighted by Gasteiger charge is -2.32. The van der Waals surface area contributed by atoms with Crippen molar-refractivity contribution >= 4 is 23.2 Å². The average Bonchev–Trinajstić information content (AvgIpc) is 2.94. The number of aryl methyl sites for hydroxylation is 1. The van der Waals surface area contributed by atoms with E-state index in [-0.39, 0.29) is 0 Å². The summed E-state index contributed by atoms with van der Waals surface area (Å²) in [6, 6.07) is 5.74. The van der Waals surface area contributed by atoms with Crippen molar-refractivity contribution in [3.8, 4) is 6.07 Å². The van der Waals surface area contributed by atoms with Crippen LogP contribution in [0.1, 0.15) is 53.6 Å². The number of carbonyl (C=O) groups excluding carboxylic acids is 2. The zero-order chi connectivity index (χ0) is 16.2. The van der Waals surface area contributed by atoms with Crippen molar-refractivity contribution < 1.29 is 14.3 Å². The second kappa shape index (κ2) is 6.93. The van der Waals surface area contributed by atoms with Gasteiger partial charge in [0.15, 0.2) is 6.10 Å². The summed E-state index contributed by atoms with van der Waals surface area (Å²) in [5, 5.41) is 12.1.